The van der Waals surface area contributed by atoms with Crippen LogP contribution in [-0.2, 0) is 23.0 Å². The monoisotopic (exact) mass is 1080 g/mol. The van der Waals surface area contributed by atoms with E-state index in [1.54, 1.807) is 35.7 Å². The van der Waals surface area contributed by atoms with Gasteiger partial charge in [-0.2, -0.15) is 0 Å². The first-order valence-electron chi connectivity index (χ1n) is 18.3. The summed E-state index contributed by atoms with van der Waals surface area (Å²) in [6, 6.07) is 7.53. The molecule has 0 bridgehead atoms. The highest BCUT2D eigenvalue weighted by atomic mass is 79.9. The maximum atomic E-state index is 7.20. The second-order valence-electron chi connectivity index (χ2n) is 14.1. The lowest BCUT2D eigenvalue weighted by Crippen LogP contribution is -2.42. The van der Waals surface area contributed by atoms with Crippen LogP contribution in [0.3, 0.4) is 0 Å². The van der Waals surface area contributed by atoms with E-state index >= 15 is 0 Å². The van der Waals surface area contributed by atoms with Crippen LogP contribution in [0.25, 0.3) is 0 Å². The Kier molecular flexibility index (Phi) is 25.7. The summed E-state index contributed by atoms with van der Waals surface area (Å²) in [6.45, 7) is 6.60. The molecule has 58 heavy (non-hydrogen) atoms. The van der Waals surface area contributed by atoms with E-state index in [2.05, 4.69) is 20.4 Å². The van der Waals surface area contributed by atoms with E-state index in [-0.39, 0.29) is 51.7 Å². The van der Waals surface area contributed by atoms with Crippen molar-refractivity contribution in [2.24, 2.45) is 44.9 Å². The van der Waals surface area contributed by atoms with E-state index in [1.807, 2.05) is 12.1 Å². The fraction of sp³-hybridized carbons (Fsp3) is 0.568. The van der Waals surface area contributed by atoms with E-state index in [0.29, 0.717) is 31.6 Å². The van der Waals surface area contributed by atoms with Gasteiger partial charge in [0.1, 0.15) is 0 Å². The zero-order chi connectivity index (χ0) is 39.3. The minimum Gasteiger partial charge on any atom is -0.379 e. The molecule has 21 heteroatoms. The highest BCUT2D eigenvalue weighted by Crippen LogP contribution is 2.34. The number of hydrogen-bond acceptors (Lipinski definition) is 13. The Morgan fingerprint density at radius 1 is 0.621 bits per heavy atom. The van der Waals surface area contributed by atoms with E-state index in [4.69, 9.17) is 84.4 Å². The number of aliphatic imine (C=N–C) groups is 2. The van der Waals surface area contributed by atoms with Crippen molar-refractivity contribution in [2.45, 2.75) is 69.0 Å². The Bertz CT molecular complexity index is 1590. The molecule has 0 amide bonds. The Morgan fingerprint density at radius 2 is 0.948 bits per heavy atom. The standard InChI is InChI=1S/C22H30Cl2N6S2.C10H12Cl2N4S2.C4H9N.CH4.2BrH/c23-19-5-17(9-31-21-25-11-29(12-26-21)7-15-1-2-15)18(6-20(19)24)10-32-22-27-13-30(14-28-22)8-16-3-4-16;11-7-1-5(3-17-9(13)14)6(2-8(7)12)4-18-10(15)16;5-3-4-1-2-4;;;/h5-6,15-16H,1-4,7-14H2,(H,25,26)(H,27,28);1-2H,3-4H2,(H3,13,14)(H3,15,16);4H,1-3,5H2;1H4;2*1H. The largest absolute Gasteiger partial charge is 0.379 e. The van der Waals surface area contributed by atoms with Gasteiger partial charge in [0.2, 0.25) is 0 Å². The summed E-state index contributed by atoms with van der Waals surface area (Å²) in [6.07, 6.45) is 8.27. The van der Waals surface area contributed by atoms with Gasteiger partial charge in [-0.05, 0) is 109 Å². The second kappa shape index (κ2) is 27.7. The molecule has 10 N–H and O–H groups in total. The van der Waals surface area contributed by atoms with Gasteiger partial charge in [0, 0.05) is 36.1 Å². The number of thioether (sulfide) groups is 4. The third-order valence-corrected chi connectivity index (χ3v) is 14.2. The maximum Gasteiger partial charge on any atom is 0.159 e. The molecule has 0 atom stereocenters. The van der Waals surface area contributed by atoms with Crippen molar-refractivity contribution < 1.29 is 0 Å². The number of nitrogens with one attached hydrogen (secondary N) is 4. The first-order chi connectivity index (χ1) is 26.4. The topological polar surface area (TPSA) is 181 Å². The van der Waals surface area contributed by atoms with Crippen LogP contribution >= 0.6 is 127 Å². The van der Waals surface area contributed by atoms with Crippen molar-refractivity contribution in [3.05, 3.63) is 66.6 Å². The lowest BCUT2D eigenvalue weighted by molar-refractivity contribution is 0.256. The second-order valence-corrected chi connectivity index (χ2v) is 19.7. The SMILES string of the molecule is Br.Br.C.Clc1cc(CSC2=NCN(CC3CC3)CN2)c(CSC2=NCN(CC3CC3)CN2)cc1Cl.N=C(N)SCc1cc(Cl)c(Cl)cc1CSC(=N)N.NCC1CC1. The molecule has 3 fully saturated rings. The highest BCUT2D eigenvalue weighted by Gasteiger charge is 2.26. The first kappa shape index (κ1) is 53.9. The zero-order valence-electron chi connectivity index (χ0n) is 31.5. The van der Waals surface area contributed by atoms with Crippen molar-refractivity contribution in [3.8, 4) is 0 Å². The van der Waals surface area contributed by atoms with Gasteiger partial charge in [0.05, 0.1) is 46.8 Å². The van der Waals surface area contributed by atoms with Crippen LogP contribution < -0.4 is 27.8 Å². The molecule has 2 aromatic carbocycles. The summed E-state index contributed by atoms with van der Waals surface area (Å²) in [4.78, 5) is 14.2. The van der Waals surface area contributed by atoms with Gasteiger partial charge >= 0.3 is 0 Å². The van der Waals surface area contributed by atoms with Crippen LogP contribution in [-0.4, -0.2) is 76.8 Å². The van der Waals surface area contributed by atoms with Crippen LogP contribution in [0, 0.1) is 28.6 Å². The molecule has 0 radical (unpaired) electrons. The summed E-state index contributed by atoms with van der Waals surface area (Å²) in [5.74, 6) is 5.41. The number of rotatable bonds is 13. The van der Waals surface area contributed by atoms with Gasteiger partial charge in [-0.25, -0.2) is 9.98 Å². The van der Waals surface area contributed by atoms with Gasteiger partial charge in [-0.15, -0.1) is 34.0 Å². The highest BCUT2D eigenvalue weighted by molar-refractivity contribution is 8.93. The van der Waals surface area contributed by atoms with Crippen LogP contribution in [0.5, 0.6) is 0 Å². The number of benzene rings is 2. The Labute approximate surface area is 402 Å². The molecule has 2 aliphatic heterocycles. The lowest BCUT2D eigenvalue weighted by atomic mass is 10.1. The molecule has 7 rings (SSSR count). The third-order valence-electron chi connectivity index (χ3n) is 9.17. The van der Waals surface area contributed by atoms with Gasteiger partial charge in [0.15, 0.2) is 20.7 Å². The summed E-state index contributed by atoms with van der Waals surface area (Å²) < 4.78 is 0. The van der Waals surface area contributed by atoms with E-state index in [9.17, 15) is 0 Å². The fourth-order valence-electron chi connectivity index (χ4n) is 5.42. The molecule has 2 aromatic rings. The van der Waals surface area contributed by atoms with E-state index in [1.165, 1.54) is 86.3 Å². The molecule has 0 aromatic heterocycles. The zero-order valence-corrected chi connectivity index (χ0v) is 41.3. The average Bonchev–Trinajstić information content (AvgIpc) is 4.01. The summed E-state index contributed by atoms with van der Waals surface area (Å²) in [5, 5.41) is 25.6. The van der Waals surface area contributed by atoms with E-state index < -0.39 is 0 Å². The fourth-order valence-corrected chi connectivity index (χ4v) is 9.08. The maximum absolute atomic E-state index is 7.20. The molecule has 3 aliphatic carbocycles. The minimum atomic E-state index is 0. The normalized spacial score (nSPS) is 17.5. The molecule has 3 saturated carbocycles. The van der Waals surface area contributed by atoms with Gasteiger partial charge in [0.25, 0.3) is 0 Å². The number of nitrogens with zero attached hydrogens (tertiary/aromatic N) is 4. The molecule has 0 unspecified atom stereocenters. The van der Waals surface area contributed by atoms with Crippen molar-refractivity contribution in [2.75, 3.05) is 46.3 Å². The molecular weight excluding hydrogens is 1030 g/mol. The smallest absolute Gasteiger partial charge is 0.159 e. The predicted octanol–water partition coefficient (Wildman–Crippen LogP) is 10.0. The number of halogens is 6. The lowest BCUT2D eigenvalue weighted by Gasteiger charge is -2.27. The Balaban J connectivity index is 0.000000379. The summed E-state index contributed by atoms with van der Waals surface area (Å²) >= 11 is 30.5. The van der Waals surface area contributed by atoms with Crippen molar-refractivity contribution in [3.63, 3.8) is 0 Å². The van der Waals surface area contributed by atoms with Gasteiger partial charge < -0.3 is 27.8 Å². The van der Waals surface area contributed by atoms with Crippen molar-refractivity contribution >= 4 is 148 Å². The van der Waals surface area contributed by atoms with Crippen LogP contribution in [0.2, 0.25) is 20.1 Å². The summed E-state index contributed by atoms with van der Waals surface area (Å²) in [7, 11) is 0. The molecule has 0 saturated heterocycles. The molecular formula is C37H57Br2Cl4N11S4. The van der Waals surface area contributed by atoms with Gasteiger partial charge in [-0.1, -0.05) is 101 Å². The van der Waals surface area contributed by atoms with Gasteiger partial charge in [-0.3, -0.25) is 20.6 Å². The van der Waals surface area contributed by atoms with Crippen LogP contribution in [0.1, 0.15) is 68.2 Å². The average molecular weight is 1090 g/mol. The molecule has 2 heterocycles. The van der Waals surface area contributed by atoms with E-state index in [0.717, 1.165) is 83.9 Å². The van der Waals surface area contributed by atoms with Crippen molar-refractivity contribution in [1.29, 1.82) is 10.8 Å². The molecule has 326 valence electrons. The molecule has 0 spiro atoms. The number of hydrogen-bond donors (Lipinski definition) is 7. The number of nitrogens with two attached hydrogens (primary N) is 3. The Morgan fingerprint density at radius 3 is 1.19 bits per heavy atom. The quantitative estimate of drug-likeness (QED) is 0.0750. The van der Waals surface area contributed by atoms with Crippen molar-refractivity contribution in [1.82, 2.24) is 20.4 Å². The summed E-state index contributed by atoms with van der Waals surface area (Å²) in [5.41, 5.74) is 20.1. The Hall–Kier alpha value is -0.280. The number of amidine groups is 4. The molecule has 11 nitrogen and oxygen atoms in total. The van der Waals surface area contributed by atoms with Crippen LogP contribution in [0.15, 0.2) is 34.3 Å². The molecule has 5 aliphatic rings. The third kappa shape index (κ3) is 20.3. The van der Waals surface area contributed by atoms with Crippen LogP contribution in [0.4, 0.5) is 0 Å². The predicted molar refractivity (Wildman–Crippen MR) is 271 cm³/mol. The minimum absolute atomic E-state index is 0. The first-order valence-corrected chi connectivity index (χ1v) is 23.7.